The van der Waals surface area contributed by atoms with Crippen LogP contribution in [0.1, 0.15) is 32.5 Å². The van der Waals surface area contributed by atoms with Gasteiger partial charge in [-0.3, -0.25) is 0 Å². The molecule has 3 N–H and O–H groups in total. The second-order valence-electron chi connectivity index (χ2n) is 3.99. The number of hydrogen-bond donors (Lipinski definition) is 3. The van der Waals surface area contributed by atoms with Gasteiger partial charge in [0.1, 0.15) is 17.5 Å². The average Bonchev–Trinajstić information content (AvgIpc) is 2.36. The van der Waals surface area contributed by atoms with Crippen LogP contribution in [-0.4, -0.2) is 34.8 Å². The molecule has 0 saturated carbocycles. The Balaban J connectivity index is 2.85. The highest BCUT2D eigenvalue weighted by molar-refractivity contribution is 5.47. The number of aryl methyl sites for hydroxylation is 1. The zero-order valence-electron chi connectivity index (χ0n) is 10.8. The van der Waals surface area contributed by atoms with E-state index in [1.807, 2.05) is 20.0 Å². The lowest BCUT2D eigenvalue weighted by atomic mass is 10.2. The van der Waals surface area contributed by atoms with E-state index in [-0.39, 0.29) is 12.6 Å². The fourth-order valence-corrected chi connectivity index (χ4v) is 1.52. The van der Waals surface area contributed by atoms with Crippen LogP contribution in [0.3, 0.4) is 0 Å². The molecule has 17 heavy (non-hydrogen) atoms. The number of hydrogen-bond acceptors (Lipinski definition) is 5. The molecule has 1 rings (SSSR count). The summed E-state index contributed by atoms with van der Waals surface area (Å²) in [6, 6.07) is 1.90. The predicted molar refractivity (Wildman–Crippen MR) is 70.4 cm³/mol. The minimum absolute atomic E-state index is 0.0454. The molecular formula is C12H22N4O. The molecule has 5 nitrogen and oxygen atoms in total. The summed E-state index contributed by atoms with van der Waals surface area (Å²) in [4.78, 5) is 8.81. The van der Waals surface area contributed by atoms with E-state index < -0.39 is 0 Å². The Morgan fingerprint density at radius 3 is 2.53 bits per heavy atom. The van der Waals surface area contributed by atoms with Crippen LogP contribution >= 0.6 is 0 Å². The van der Waals surface area contributed by atoms with Crippen molar-refractivity contribution < 1.29 is 5.11 Å². The van der Waals surface area contributed by atoms with E-state index in [0.717, 1.165) is 36.7 Å². The van der Waals surface area contributed by atoms with Gasteiger partial charge in [-0.2, -0.15) is 0 Å². The smallest absolute Gasteiger partial charge is 0.133 e. The van der Waals surface area contributed by atoms with Gasteiger partial charge in [-0.05, 0) is 12.8 Å². The quantitative estimate of drug-likeness (QED) is 0.674. The first-order valence-corrected chi connectivity index (χ1v) is 6.16. The topological polar surface area (TPSA) is 70.1 Å². The molecule has 96 valence electrons. The van der Waals surface area contributed by atoms with E-state index in [9.17, 15) is 0 Å². The molecule has 5 heteroatoms. The summed E-state index contributed by atoms with van der Waals surface area (Å²) >= 11 is 0. The van der Waals surface area contributed by atoms with E-state index in [4.69, 9.17) is 5.11 Å². The fraction of sp³-hybridized carbons (Fsp3) is 0.667. The van der Waals surface area contributed by atoms with Gasteiger partial charge in [-0.25, -0.2) is 9.97 Å². The maximum absolute atomic E-state index is 9.16. The van der Waals surface area contributed by atoms with Crippen molar-refractivity contribution in [2.45, 2.75) is 39.2 Å². The zero-order chi connectivity index (χ0) is 12.7. The molecular weight excluding hydrogens is 216 g/mol. The first-order chi connectivity index (χ1) is 8.23. The molecule has 0 spiro atoms. The van der Waals surface area contributed by atoms with Crippen molar-refractivity contribution in [1.29, 1.82) is 0 Å². The van der Waals surface area contributed by atoms with Crippen LogP contribution in [0.25, 0.3) is 0 Å². The molecule has 0 aliphatic heterocycles. The summed E-state index contributed by atoms with van der Waals surface area (Å²) in [5.41, 5.74) is 0. The Labute approximate surface area is 103 Å². The van der Waals surface area contributed by atoms with Crippen molar-refractivity contribution in [2.75, 3.05) is 24.3 Å². The van der Waals surface area contributed by atoms with Crippen molar-refractivity contribution in [1.82, 2.24) is 9.97 Å². The van der Waals surface area contributed by atoms with Crippen LogP contribution in [0, 0.1) is 0 Å². The van der Waals surface area contributed by atoms with E-state index in [0.29, 0.717) is 0 Å². The Bertz CT molecular complexity index is 339. The summed E-state index contributed by atoms with van der Waals surface area (Å²) in [6.45, 7) is 4.24. The second kappa shape index (κ2) is 7.06. The van der Waals surface area contributed by atoms with Crippen molar-refractivity contribution in [3.63, 3.8) is 0 Å². The van der Waals surface area contributed by atoms with Crippen LogP contribution in [0.5, 0.6) is 0 Å². The minimum Gasteiger partial charge on any atom is -0.394 e. The Morgan fingerprint density at radius 2 is 2.00 bits per heavy atom. The summed E-state index contributed by atoms with van der Waals surface area (Å²) < 4.78 is 0. The molecule has 0 amide bonds. The van der Waals surface area contributed by atoms with Crippen LogP contribution in [0.2, 0.25) is 0 Å². The lowest BCUT2D eigenvalue weighted by Crippen LogP contribution is -2.23. The maximum atomic E-state index is 9.16. The number of nitrogens with one attached hydrogen (secondary N) is 2. The molecule has 1 heterocycles. The van der Waals surface area contributed by atoms with E-state index >= 15 is 0 Å². The van der Waals surface area contributed by atoms with Gasteiger partial charge in [0.25, 0.3) is 0 Å². The highest BCUT2D eigenvalue weighted by Crippen LogP contribution is 2.13. The van der Waals surface area contributed by atoms with Gasteiger partial charge >= 0.3 is 0 Å². The maximum Gasteiger partial charge on any atom is 0.133 e. The Kier molecular flexibility index (Phi) is 5.69. The summed E-state index contributed by atoms with van der Waals surface area (Å²) in [6.07, 6.45) is 2.74. The predicted octanol–water partition coefficient (Wildman–Crippen LogP) is 1.65. The van der Waals surface area contributed by atoms with Gasteiger partial charge in [-0.15, -0.1) is 0 Å². The Morgan fingerprint density at radius 1 is 1.29 bits per heavy atom. The second-order valence-corrected chi connectivity index (χ2v) is 3.99. The molecule has 0 radical (unpaired) electrons. The van der Waals surface area contributed by atoms with Gasteiger partial charge in [-0.1, -0.05) is 13.8 Å². The van der Waals surface area contributed by atoms with Crippen molar-refractivity contribution in [3.05, 3.63) is 11.9 Å². The zero-order valence-corrected chi connectivity index (χ0v) is 10.8. The molecule has 0 saturated heterocycles. The third-order valence-corrected chi connectivity index (χ3v) is 2.57. The van der Waals surface area contributed by atoms with Crippen LogP contribution in [0.15, 0.2) is 6.07 Å². The largest absolute Gasteiger partial charge is 0.394 e. The molecule has 0 aromatic carbocycles. The first kappa shape index (κ1) is 13.7. The molecule has 0 aliphatic rings. The van der Waals surface area contributed by atoms with E-state index in [1.54, 1.807) is 0 Å². The third kappa shape index (κ3) is 4.19. The third-order valence-electron chi connectivity index (χ3n) is 2.57. The molecule has 0 bridgehead atoms. The lowest BCUT2D eigenvalue weighted by Gasteiger charge is -2.16. The summed E-state index contributed by atoms with van der Waals surface area (Å²) in [5, 5.41) is 15.4. The van der Waals surface area contributed by atoms with E-state index in [1.165, 1.54) is 0 Å². The van der Waals surface area contributed by atoms with Crippen molar-refractivity contribution in [3.8, 4) is 0 Å². The van der Waals surface area contributed by atoms with Gasteiger partial charge in [0.05, 0.1) is 12.6 Å². The van der Waals surface area contributed by atoms with Crippen molar-refractivity contribution >= 4 is 11.6 Å². The number of rotatable bonds is 7. The fourth-order valence-electron chi connectivity index (χ4n) is 1.52. The van der Waals surface area contributed by atoms with E-state index in [2.05, 4.69) is 27.5 Å². The van der Waals surface area contributed by atoms with Gasteiger partial charge in [0, 0.05) is 19.5 Å². The molecule has 1 atom stereocenters. The Hall–Kier alpha value is -1.36. The standard InChI is InChI=1S/C12H22N4O/c1-4-6-10-15-11(13-3)7-12(16-10)14-9(5-2)8-17/h7,9,17H,4-6,8H2,1-3H3,(H2,13,14,15,16). The lowest BCUT2D eigenvalue weighted by molar-refractivity contribution is 0.271. The summed E-state index contributed by atoms with van der Waals surface area (Å²) in [7, 11) is 1.84. The number of aliphatic hydroxyl groups excluding tert-OH is 1. The van der Waals surface area contributed by atoms with Crippen LogP contribution in [-0.2, 0) is 6.42 Å². The number of nitrogens with zero attached hydrogens (tertiary/aromatic N) is 2. The van der Waals surface area contributed by atoms with Gasteiger partial charge in [0.15, 0.2) is 0 Å². The van der Waals surface area contributed by atoms with Crippen molar-refractivity contribution in [2.24, 2.45) is 0 Å². The van der Waals surface area contributed by atoms with Crippen LogP contribution < -0.4 is 10.6 Å². The van der Waals surface area contributed by atoms with Gasteiger partial charge < -0.3 is 15.7 Å². The molecule has 1 aromatic rings. The minimum atomic E-state index is 0.0454. The molecule has 0 aliphatic carbocycles. The summed E-state index contributed by atoms with van der Waals surface area (Å²) in [5.74, 6) is 2.40. The SMILES string of the molecule is CCCc1nc(NC)cc(NC(CC)CO)n1. The van der Waals surface area contributed by atoms with Crippen LogP contribution in [0.4, 0.5) is 11.6 Å². The monoisotopic (exact) mass is 238 g/mol. The number of anilines is 2. The number of aromatic nitrogens is 2. The van der Waals surface area contributed by atoms with Gasteiger partial charge in [0.2, 0.25) is 0 Å². The number of aliphatic hydroxyl groups is 1. The molecule has 1 unspecified atom stereocenters. The molecule has 1 aromatic heterocycles. The first-order valence-electron chi connectivity index (χ1n) is 6.16. The highest BCUT2D eigenvalue weighted by Gasteiger charge is 2.08. The highest BCUT2D eigenvalue weighted by atomic mass is 16.3. The normalized spacial score (nSPS) is 12.2. The average molecular weight is 238 g/mol. The molecule has 0 fully saturated rings.